The molecule has 0 aliphatic carbocycles. The molecule has 1 amide bonds. The van der Waals surface area contributed by atoms with Gasteiger partial charge in [0.25, 0.3) is 0 Å². The Morgan fingerprint density at radius 3 is 2.56 bits per heavy atom. The number of carbonyl (C=O) groups is 1. The summed E-state index contributed by atoms with van der Waals surface area (Å²) in [5.74, 6) is -0.238. The number of rotatable bonds is 5. The number of sulfone groups is 1. The fourth-order valence-corrected chi connectivity index (χ4v) is 5.20. The lowest BCUT2D eigenvalue weighted by molar-refractivity contribution is -0.117. The van der Waals surface area contributed by atoms with Crippen molar-refractivity contribution in [3.63, 3.8) is 0 Å². The maximum absolute atomic E-state index is 12.4. The first-order valence-corrected chi connectivity index (χ1v) is 10.8. The Labute approximate surface area is 165 Å². The molecular weight excluding hydrogens is 408 g/mol. The van der Waals surface area contributed by atoms with Gasteiger partial charge >= 0.3 is 0 Å². The number of hydrogen-bond donors (Lipinski definition) is 0. The second-order valence-electron chi connectivity index (χ2n) is 5.78. The molecule has 3 rings (SSSR count). The van der Waals surface area contributed by atoms with Gasteiger partial charge in [0.1, 0.15) is 5.75 Å². The van der Waals surface area contributed by atoms with Gasteiger partial charge < -0.3 is 9.30 Å². The molecule has 142 valence electrons. The van der Waals surface area contributed by atoms with Crippen LogP contribution in [0.15, 0.2) is 52.4 Å². The minimum atomic E-state index is -3.57. The molecule has 0 fully saturated rings. The number of nitrogens with zero attached hydrogens (tertiary/aromatic N) is 2. The first-order chi connectivity index (χ1) is 12.8. The third kappa shape index (κ3) is 4.23. The van der Waals surface area contributed by atoms with Gasteiger partial charge in [0, 0.05) is 13.5 Å². The molecule has 0 saturated carbocycles. The van der Waals surface area contributed by atoms with Crippen molar-refractivity contribution in [1.29, 1.82) is 0 Å². The Bertz CT molecular complexity index is 1160. The number of thiazole rings is 1. The molecule has 0 N–H and O–H groups in total. The fourth-order valence-electron chi connectivity index (χ4n) is 2.55. The lowest BCUT2D eigenvalue weighted by atomic mass is 10.3. The first-order valence-electron chi connectivity index (χ1n) is 8.00. The molecule has 27 heavy (non-hydrogen) atoms. The van der Waals surface area contributed by atoms with Crippen LogP contribution < -0.4 is 9.54 Å². The van der Waals surface area contributed by atoms with Gasteiger partial charge in [0.2, 0.25) is 5.91 Å². The zero-order valence-electron chi connectivity index (χ0n) is 14.7. The molecule has 6 nitrogen and oxygen atoms in total. The molecule has 1 heterocycles. The fraction of sp³-hybridized carbons (Fsp3) is 0.222. The number of methoxy groups -OCH3 is 1. The number of amides is 1. The normalized spacial score (nSPS) is 12.5. The van der Waals surface area contributed by atoms with Crippen LogP contribution in [0.1, 0.15) is 6.42 Å². The van der Waals surface area contributed by atoms with Crippen LogP contribution in [0.4, 0.5) is 0 Å². The minimum absolute atomic E-state index is 0.148. The number of hydrogen-bond acceptors (Lipinski definition) is 5. The number of benzene rings is 2. The molecule has 0 aliphatic rings. The summed E-state index contributed by atoms with van der Waals surface area (Å²) in [6, 6.07) is 11.6. The minimum Gasteiger partial charge on any atom is -0.497 e. The molecule has 0 atom stereocenters. The SMILES string of the molecule is COc1ccc(S(=O)(=O)CCC(=O)N=c2sc3cccc(Cl)c3n2C)cc1. The number of aromatic nitrogens is 1. The van der Waals surface area contributed by atoms with Crippen LogP contribution >= 0.6 is 22.9 Å². The highest BCUT2D eigenvalue weighted by atomic mass is 35.5. The van der Waals surface area contributed by atoms with Crippen LogP contribution in [0.2, 0.25) is 5.02 Å². The molecule has 3 aromatic rings. The summed E-state index contributed by atoms with van der Waals surface area (Å²) in [4.78, 5) is 16.9. The average molecular weight is 425 g/mol. The summed E-state index contributed by atoms with van der Waals surface area (Å²) in [5.41, 5.74) is 0.793. The topological polar surface area (TPSA) is 77.7 Å². The lowest BCUT2D eigenvalue weighted by Gasteiger charge is -2.04. The standard InChI is InChI=1S/C18H17ClN2O4S2/c1-21-17-14(19)4-3-5-15(17)26-18(21)20-16(22)10-11-27(23,24)13-8-6-12(25-2)7-9-13/h3-9H,10-11H2,1-2H3. The number of halogens is 1. The van der Waals surface area contributed by atoms with Crippen molar-refractivity contribution >= 4 is 48.9 Å². The Hall–Kier alpha value is -2.16. The summed E-state index contributed by atoms with van der Waals surface area (Å²) in [5, 5.41) is 0.572. The van der Waals surface area contributed by atoms with Crippen molar-refractivity contribution in [2.24, 2.45) is 12.0 Å². The van der Waals surface area contributed by atoms with E-state index in [-0.39, 0.29) is 17.1 Å². The van der Waals surface area contributed by atoms with Crippen LogP contribution in [0.3, 0.4) is 0 Å². The molecule has 0 unspecified atom stereocenters. The van der Waals surface area contributed by atoms with Gasteiger partial charge in [-0.15, -0.1) is 0 Å². The molecule has 9 heteroatoms. The van der Waals surface area contributed by atoms with E-state index in [9.17, 15) is 13.2 Å². The molecule has 0 radical (unpaired) electrons. The van der Waals surface area contributed by atoms with Crippen molar-refractivity contribution in [3.8, 4) is 5.75 Å². The van der Waals surface area contributed by atoms with E-state index in [0.29, 0.717) is 15.6 Å². The van der Waals surface area contributed by atoms with E-state index in [2.05, 4.69) is 4.99 Å². The average Bonchev–Trinajstić information content (AvgIpc) is 2.97. The molecule has 0 spiro atoms. The van der Waals surface area contributed by atoms with Crippen molar-refractivity contribution in [3.05, 3.63) is 52.3 Å². The second-order valence-corrected chi connectivity index (χ2v) is 9.31. The predicted octanol–water partition coefficient (Wildman–Crippen LogP) is 3.19. The lowest BCUT2D eigenvalue weighted by Crippen LogP contribution is -2.16. The van der Waals surface area contributed by atoms with Crippen molar-refractivity contribution < 1.29 is 17.9 Å². The number of ether oxygens (including phenoxy) is 1. The highest BCUT2D eigenvalue weighted by Gasteiger charge is 2.17. The van der Waals surface area contributed by atoms with Gasteiger partial charge in [0.15, 0.2) is 14.6 Å². The van der Waals surface area contributed by atoms with Crippen LogP contribution in [0.5, 0.6) is 5.75 Å². The van der Waals surface area contributed by atoms with Crippen molar-refractivity contribution in [1.82, 2.24) is 4.57 Å². The summed E-state index contributed by atoms with van der Waals surface area (Å²) in [6.07, 6.45) is -0.198. The molecule has 1 aromatic heterocycles. The number of para-hydroxylation sites is 1. The van der Waals surface area contributed by atoms with E-state index in [0.717, 1.165) is 10.2 Å². The van der Waals surface area contributed by atoms with Crippen LogP contribution in [-0.4, -0.2) is 31.8 Å². The van der Waals surface area contributed by atoms with Crippen molar-refractivity contribution in [2.75, 3.05) is 12.9 Å². The smallest absolute Gasteiger partial charge is 0.249 e. The van der Waals surface area contributed by atoms with Gasteiger partial charge in [-0.05, 0) is 36.4 Å². The highest BCUT2D eigenvalue weighted by molar-refractivity contribution is 7.91. The number of carbonyl (C=O) groups excluding carboxylic acids is 1. The van der Waals surface area contributed by atoms with Crippen molar-refractivity contribution in [2.45, 2.75) is 11.3 Å². The Morgan fingerprint density at radius 1 is 1.22 bits per heavy atom. The monoisotopic (exact) mass is 424 g/mol. The maximum atomic E-state index is 12.4. The Kier molecular flexibility index (Phi) is 5.69. The highest BCUT2D eigenvalue weighted by Crippen LogP contribution is 2.24. The quantitative estimate of drug-likeness (QED) is 0.630. The zero-order chi connectivity index (χ0) is 19.6. The first kappa shape index (κ1) is 19.6. The van der Waals surface area contributed by atoms with Gasteiger partial charge in [-0.1, -0.05) is 29.0 Å². The van der Waals surface area contributed by atoms with Gasteiger partial charge in [-0.2, -0.15) is 4.99 Å². The van der Waals surface area contributed by atoms with Crippen LogP contribution in [0.25, 0.3) is 10.2 Å². The molecule has 0 saturated heterocycles. The number of fused-ring (bicyclic) bond motifs is 1. The van der Waals surface area contributed by atoms with E-state index in [1.54, 1.807) is 29.8 Å². The maximum Gasteiger partial charge on any atom is 0.249 e. The summed E-state index contributed by atoms with van der Waals surface area (Å²) in [6.45, 7) is 0. The van der Waals surface area contributed by atoms with E-state index in [4.69, 9.17) is 16.3 Å². The number of aryl methyl sites for hydroxylation is 1. The molecule has 0 bridgehead atoms. The Balaban J connectivity index is 1.78. The Morgan fingerprint density at radius 2 is 1.93 bits per heavy atom. The second kappa shape index (κ2) is 7.84. The van der Waals surface area contributed by atoms with Crippen LogP contribution in [0, 0.1) is 0 Å². The van der Waals surface area contributed by atoms with E-state index < -0.39 is 15.7 Å². The van der Waals surface area contributed by atoms with E-state index >= 15 is 0 Å². The molecular formula is C18H17ClN2O4S2. The van der Waals surface area contributed by atoms with E-state index in [1.165, 1.54) is 30.6 Å². The third-order valence-electron chi connectivity index (χ3n) is 4.00. The summed E-state index contributed by atoms with van der Waals surface area (Å²) < 4.78 is 32.4. The van der Waals surface area contributed by atoms with Gasteiger partial charge in [0.05, 0.1) is 33.0 Å². The zero-order valence-corrected chi connectivity index (χ0v) is 17.1. The molecule has 2 aromatic carbocycles. The van der Waals surface area contributed by atoms with Crippen LogP contribution in [-0.2, 0) is 21.7 Å². The largest absolute Gasteiger partial charge is 0.497 e. The third-order valence-corrected chi connectivity index (χ3v) is 7.13. The predicted molar refractivity (Wildman–Crippen MR) is 106 cm³/mol. The van der Waals surface area contributed by atoms with Gasteiger partial charge in [-0.25, -0.2) is 8.42 Å². The van der Waals surface area contributed by atoms with Gasteiger partial charge in [-0.3, -0.25) is 4.79 Å². The van der Waals surface area contributed by atoms with E-state index in [1.807, 2.05) is 12.1 Å². The molecule has 0 aliphatic heterocycles. The summed E-state index contributed by atoms with van der Waals surface area (Å²) in [7, 11) is -0.301. The summed E-state index contributed by atoms with van der Waals surface area (Å²) >= 11 is 7.52.